The molecule has 0 aromatic carbocycles. The Balaban J connectivity index is 1.79. The van der Waals surface area contributed by atoms with Crippen LogP contribution < -0.4 is 5.32 Å². The van der Waals surface area contributed by atoms with E-state index < -0.39 is 21.9 Å². The van der Waals surface area contributed by atoms with Crippen molar-refractivity contribution in [1.82, 2.24) is 9.29 Å². The lowest BCUT2D eigenvalue weighted by atomic mass is 10.4. The van der Waals surface area contributed by atoms with Gasteiger partial charge in [-0.25, -0.2) is 18.2 Å². The number of rotatable bonds is 6. The molecule has 2 aromatic rings. The number of anilines is 1. The summed E-state index contributed by atoms with van der Waals surface area (Å²) in [4.78, 5) is 28.8. The molecule has 0 atom stereocenters. The third-order valence-corrected chi connectivity index (χ3v) is 7.32. The highest BCUT2D eigenvalue weighted by atomic mass is 32.2. The summed E-state index contributed by atoms with van der Waals surface area (Å²) in [7, 11) is -3.69. The second kappa shape index (κ2) is 8.02. The Kier molecular flexibility index (Phi) is 5.87. The normalized spacial score (nSPS) is 15.0. The number of nitrogens with zero attached hydrogens (tertiary/aromatic N) is 2. The molecule has 2 aromatic heterocycles. The number of furan rings is 1. The van der Waals surface area contributed by atoms with Gasteiger partial charge < -0.3 is 9.15 Å². The fourth-order valence-corrected chi connectivity index (χ4v) is 5.43. The molecule has 1 N–H and O–H groups in total. The Bertz CT molecular complexity index is 1000. The van der Waals surface area contributed by atoms with Crippen LogP contribution in [0.2, 0.25) is 0 Å². The first-order valence-electron chi connectivity index (χ1n) is 8.80. The average molecular weight is 428 g/mol. The zero-order valence-corrected chi connectivity index (χ0v) is 17.4. The van der Waals surface area contributed by atoms with Crippen molar-refractivity contribution in [2.75, 3.05) is 25.0 Å². The summed E-state index contributed by atoms with van der Waals surface area (Å²) in [5, 5.41) is 2.73. The van der Waals surface area contributed by atoms with Gasteiger partial charge in [0.05, 0.1) is 12.3 Å². The van der Waals surface area contributed by atoms with Crippen molar-refractivity contribution in [2.45, 2.75) is 38.5 Å². The van der Waals surface area contributed by atoms with Crippen LogP contribution in [0, 0.1) is 13.8 Å². The molecule has 11 heteroatoms. The molecule has 1 amide bonds. The van der Waals surface area contributed by atoms with Gasteiger partial charge in [-0.15, -0.1) is 0 Å². The minimum Gasteiger partial charge on any atom is -0.462 e. The van der Waals surface area contributed by atoms with E-state index in [-0.39, 0.29) is 28.2 Å². The van der Waals surface area contributed by atoms with Gasteiger partial charge in [-0.1, -0.05) is 11.3 Å². The fourth-order valence-electron chi connectivity index (χ4n) is 2.90. The summed E-state index contributed by atoms with van der Waals surface area (Å²) in [6, 6.07) is 1.23. The Morgan fingerprint density at radius 1 is 1.32 bits per heavy atom. The molecule has 152 valence electrons. The number of carbonyl (C=O) groups is 2. The predicted octanol–water partition coefficient (Wildman–Crippen LogP) is 2.57. The Morgan fingerprint density at radius 3 is 2.64 bits per heavy atom. The van der Waals surface area contributed by atoms with Crippen molar-refractivity contribution in [3.63, 3.8) is 0 Å². The van der Waals surface area contributed by atoms with Crippen LogP contribution in [0.25, 0.3) is 0 Å². The number of aromatic nitrogens is 1. The Labute approximate surface area is 166 Å². The molecule has 0 bridgehead atoms. The van der Waals surface area contributed by atoms with Gasteiger partial charge in [0.15, 0.2) is 10.9 Å². The van der Waals surface area contributed by atoms with Crippen LogP contribution in [0.1, 0.15) is 51.4 Å². The third kappa shape index (κ3) is 3.96. The number of sulfonamides is 1. The molecule has 1 aliphatic rings. The number of ether oxygens (including phenoxy) is 1. The molecule has 0 radical (unpaired) electrons. The number of amides is 1. The highest BCUT2D eigenvalue weighted by Gasteiger charge is 2.32. The molecule has 9 nitrogen and oxygen atoms in total. The lowest BCUT2D eigenvalue weighted by molar-refractivity contribution is 0.0531. The summed E-state index contributed by atoms with van der Waals surface area (Å²) in [6.07, 6.45) is 1.63. The van der Waals surface area contributed by atoms with Gasteiger partial charge in [-0.05, 0) is 33.6 Å². The monoisotopic (exact) mass is 427 g/mol. The SMILES string of the molecule is CCOC(=O)c1sc(NC(=O)c2cc(S(=O)(=O)N3CCCC3)c(C)o2)nc1C. The molecular weight excluding hydrogens is 406 g/mol. The van der Waals surface area contributed by atoms with E-state index in [1.54, 1.807) is 13.8 Å². The minimum atomic E-state index is -3.69. The second-order valence-electron chi connectivity index (χ2n) is 6.25. The topological polar surface area (TPSA) is 119 Å². The van der Waals surface area contributed by atoms with Gasteiger partial charge in [0, 0.05) is 19.2 Å². The molecule has 3 heterocycles. The van der Waals surface area contributed by atoms with Crippen molar-refractivity contribution in [3.05, 3.63) is 28.2 Å². The second-order valence-corrected chi connectivity index (χ2v) is 9.16. The van der Waals surface area contributed by atoms with E-state index in [1.807, 2.05) is 0 Å². The van der Waals surface area contributed by atoms with Gasteiger partial charge in [0.2, 0.25) is 10.0 Å². The summed E-state index contributed by atoms with van der Waals surface area (Å²) in [5.74, 6) is -1.14. The van der Waals surface area contributed by atoms with Crippen LogP contribution in [-0.4, -0.2) is 49.3 Å². The van der Waals surface area contributed by atoms with Crippen molar-refractivity contribution in [2.24, 2.45) is 0 Å². The van der Waals surface area contributed by atoms with E-state index in [0.717, 1.165) is 24.2 Å². The van der Waals surface area contributed by atoms with Gasteiger partial charge >= 0.3 is 5.97 Å². The number of carbonyl (C=O) groups excluding carboxylic acids is 2. The van der Waals surface area contributed by atoms with Crippen LogP contribution >= 0.6 is 11.3 Å². The number of esters is 1. The summed E-state index contributed by atoms with van der Waals surface area (Å²) < 4.78 is 37.1. The van der Waals surface area contributed by atoms with E-state index in [0.29, 0.717) is 23.7 Å². The summed E-state index contributed by atoms with van der Waals surface area (Å²) in [5.41, 5.74) is 0.437. The number of aryl methyl sites for hydroxylation is 2. The van der Waals surface area contributed by atoms with Crippen molar-refractivity contribution in [3.8, 4) is 0 Å². The zero-order valence-electron chi connectivity index (χ0n) is 15.8. The predicted molar refractivity (Wildman–Crippen MR) is 102 cm³/mol. The Hall–Kier alpha value is -2.24. The molecule has 28 heavy (non-hydrogen) atoms. The number of thiazole rings is 1. The van der Waals surface area contributed by atoms with E-state index >= 15 is 0 Å². The van der Waals surface area contributed by atoms with E-state index in [9.17, 15) is 18.0 Å². The van der Waals surface area contributed by atoms with Crippen molar-refractivity contribution >= 4 is 38.4 Å². The van der Waals surface area contributed by atoms with Gasteiger partial charge in [-0.3, -0.25) is 10.1 Å². The summed E-state index contributed by atoms with van der Waals surface area (Å²) in [6.45, 7) is 6.00. The first kappa shape index (κ1) is 20.5. The third-order valence-electron chi connectivity index (χ3n) is 4.26. The first-order chi connectivity index (χ1) is 13.2. The highest BCUT2D eigenvalue weighted by Crippen LogP contribution is 2.28. The van der Waals surface area contributed by atoms with E-state index in [1.165, 1.54) is 17.3 Å². The van der Waals surface area contributed by atoms with E-state index in [4.69, 9.17) is 9.15 Å². The summed E-state index contributed by atoms with van der Waals surface area (Å²) >= 11 is 0.982. The molecular formula is C17H21N3O6S2. The van der Waals surface area contributed by atoms with Crippen LogP contribution in [0.5, 0.6) is 0 Å². The fraction of sp³-hybridized carbons (Fsp3) is 0.471. The number of nitrogens with one attached hydrogen (secondary N) is 1. The maximum atomic E-state index is 12.7. The quantitative estimate of drug-likeness (QED) is 0.704. The number of hydrogen-bond acceptors (Lipinski definition) is 8. The molecule has 0 aliphatic carbocycles. The highest BCUT2D eigenvalue weighted by molar-refractivity contribution is 7.89. The minimum absolute atomic E-state index is 0.0120. The van der Waals surface area contributed by atoms with Crippen LogP contribution in [0.3, 0.4) is 0 Å². The van der Waals surface area contributed by atoms with Gasteiger partial charge in [-0.2, -0.15) is 4.31 Å². The smallest absolute Gasteiger partial charge is 0.350 e. The number of hydrogen-bond donors (Lipinski definition) is 1. The molecule has 1 aliphatic heterocycles. The first-order valence-corrected chi connectivity index (χ1v) is 11.1. The maximum Gasteiger partial charge on any atom is 0.350 e. The van der Waals surface area contributed by atoms with Crippen molar-refractivity contribution in [1.29, 1.82) is 0 Å². The molecule has 3 rings (SSSR count). The van der Waals surface area contributed by atoms with Gasteiger partial charge in [0.1, 0.15) is 15.5 Å². The standard InChI is InChI=1S/C17H21N3O6S2/c1-4-25-16(22)14-10(2)18-17(27-14)19-15(21)12-9-13(11(3)26-12)28(23,24)20-7-5-6-8-20/h9H,4-8H2,1-3H3,(H,18,19,21). The van der Waals surface area contributed by atoms with Crippen LogP contribution in [-0.2, 0) is 14.8 Å². The largest absolute Gasteiger partial charge is 0.462 e. The van der Waals surface area contributed by atoms with E-state index in [2.05, 4.69) is 10.3 Å². The zero-order chi connectivity index (χ0) is 20.5. The van der Waals surface area contributed by atoms with Crippen molar-refractivity contribution < 1.29 is 27.2 Å². The van der Waals surface area contributed by atoms with Crippen LogP contribution in [0.4, 0.5) is 5.13 Å². The average Bonchev–Trinajstić information content (AvgIpc) is 3.35. The molecule has 1 saturated heterocycles. The molecule has 0 unspecified atom stereocenters. The lowest BCUT2D eigenvalue weighted by Gasteiger charge is -2.14. The maximum absolute atomic E-state index is 12.7. The molecule has 1 fully saturated rings. The van der Waals surface area contributed by atoms with Gasteiger partial charge in [0.25, 0.3) is 5.91 Å². The lowest BCUT2D eigenvalue weighted by Crippen LogP contribution is -2.28. The molecule has 0 spiro atoms. The van der Waals surface area contributed by atoms with Crippen LogP contribution in [0.15, 0.2) is 15.4 Å². The molecule has 0 saturated carbocycles. The Morgan fingerprint density at radius 2 is 2.00 bits per heavy atom.